The van der Waals surface area contributed by atoms with Gasteiger partial charge in [0.15, 0.2) is 0 Å². The molecule has 1 aliphatic rings. The van der Waals surface area contributed by atoms with Crippen LogP contribution in [0.3, 0.4) is 0 Å². The van der Waals surface area contributed by atoms with Gasteiger partial charge < -0.3 is 9.84 Å². The van der Waals surface area contributed by atoms with Crippen molar-refractivity contribution in [3.63, 3.8) is 0 Å². The maximum Gasteiger partial charge on any atom is 0.138 e. The highest BCUT2D eigenvalue weighted by Crippen LogP contribution is 2.19. The van der Waals surface area contributed by atoms with E-state index in [9.17, 15) is 4.39 Å². The molecule has 1 aromatic carbocycles. The average Bonchev–Trinajstić information content (AvgIpc) is 2.87. The van der Waals surface area contributed by atoms with Gasteiger partial charge in [-0.1, -0.05) is 17.9 Å². The van der Waals surface area contributed by atoms with E-state index >= 15 is 0 Å². The third kappa shape index (κ3) is 4.04. The Kier molecular flexibility index (Phi) is 5.54. The lowest BCUT2D eigenvalue weighted by Crippen LogP contribution is -2.21. The molecule has 3 nitrogen and oxygen atoms in total. The average molecular weight is 277 g/mol. The van der Waals surface area contributed by atoms with Crippen LogP contribution in [-0.4, -0.2) is 43.4 Å². The van der Waals surface area contributed by atoms with Gasteiger partial charge in [-0.25, -0.2) is 4.39 Å². The standard InChI is InChI=1S/C16H20FNO2/c1-20-12-14-6-7-18(11-14)10-13-4-5-16(17)15(9-13)3-2-8-19/h4-5,9,14,19H,6-8,10-12H2,1H3. The van der Waals surface area contributed by atoms with Crippen LogP contribution in [0.15, 0.2) is 18.2 Å². The molecule has 108 valence electrons. The van der Waals surface area contributed by atoms with Crippen LogP contribution >= 0.6 is 0 Å². The van der Waals surface area contributed by atoms with E-state index in [1.807, 2.05) is 0 Å². The molecule has 0 bridgehead atoms. The minimum absolute atomic E-state index is 0.255. The van der Waals surface area contributed by atoms with E-state index in [-0.39, 0.29) is 12.4 Å². The van der Waals surface area contributed by atoms with Crippen LogP contribution in [0.5, 0.6) is 0 Å². The van der Waals surface area contributed by atoms with Crippen molar-refractivity contribution >= 4 is 0 Å². The van der Waals surface area contributed by atoms with Gasteiger partial charge in [0.1, 0.15) is 12.4 Å². The minimum atomic E-state index is -0.339. The molecule has 0 aromatic heterocycles. The fraction of sp³-hybridized carbons (Fsp3) is 0.500. The summed E-state index contributed by atoms with van der Waals surface area (Å²) in [7, 11) is 1.73. The molecule has 4 heteroatoms. The first kappa shape index (κ1) is 15.0. The summed E-state index contributed by atoms with van der Waals surface area (Å²) in [6, 6.07) is 5.00. The van der Waals surface area contributed by atoms with Crippen molar-refractivity contribution in [1.29, 1.82) is 0 Å². The fourth-order valence-electron chi connectivity index (χ4n) is 2.59. The van der Waals surface area contributed by atoms with Gasteiger partial charge in [-0.2, -0.15) is 0 Å². The number of methoxy groups -OCH3 is 1. The molecule has 1 fully saturated rings. The van der Waals surface area contributed by atoms with Gasteiger partial charge in [0, 0.05) is 20.2 Å². The predicted octanol–water partition coefficient (Wildman–Crippen LogP) is 1.64. The molecule has 0 aliphatic carbocycles. The Morgan fingerprint density at radius 2 is 2.35 bits per heavy atom. The zero-order valence-electron chi connectivity index (χ0n) is 11.7. The summed E-state index contributed by atoms with van der Waals surface area (Å²) in [4.78, 5) is 2.35. The molecule has 1 heterocycles. The second-order valence-corrected chi connectivity index (χ2v) is 5.12. The number of aliphatic hydroxyl groups excluding tert-OH is 1. The van der Waals surface area contributed by atoms with Crippen molar-refractivity contribution in [3.8, 4) is 11.8 Å². The number of aliphatic hydroxyl groups is 1. The summed E-state index contributed by atoms with van der Waals surface area (Å²) >= 11 is 0. The Labute approximate surface area is 119 Å². The smallest absolute Gasteiger partial charge is 0.138 e. The van der Waals surface area contributed by atoms with Crippen LogP contribution < -0.4 is 0 Å². The van der Waals surface area contributed by atoms with Gasteiger partial charge in [-0.15, -0.1) is 0 Å². The Hall–Kier alpha value is -1.41. The molecule has 1 aliphatic heterocycles. The number of benzene rings is 1. The van der Waals surface area contributed by atoms with E-state index in [0.717, 1.165) is 38.2 Å². The third-order valence-electron chi connectivity index (χ3n) is 3.51. The monoisotopic (exact) mass is 277 g/mol. The minimum Gasteiger partial charge on any atom is -0.384 e. The highest BCUT2D eigenvalue weighted by molar-refractivity contribution is 5.38. The van der Waals surface area contributed by atoms with E-state index < -0.39 is 0 Å². The van der Waals surface area contributed by atoms with E-state index in [0.29, 0.717) is 11.5 Å². The molecule has 0 amide bonds. The van der Waals surface area contributed by atoms with Crippen LogP contribution in [0, 0.1) is 23.6 Å². The molecule has 20 heavy (non-hydrogen) atoms. The summed E-state index contributed by atoms with van der Waals surface area (Å²) in [5, 5.41) is 8.68. The quantitative estimate of drug-likeness (QED) is 0.849. The Balaban J connectivity index is 2.00. The zero-order valence-corrected chi connectivity index (χ0v) is 11.7. The predicted molar refractivity (Wildman–Crippen MR) is 75.6 cm³/mol. The Bertz CT molecular complexity index is 507. The second kappa shape index (κ2) is 7.39. The first-order valence-corrected chi connectivity index (χ1v) is 6.82. The number of ether oxygens (including phenoxy) is 1. The van der Waals surface area contributed by atoms with Crippen molar-refractivity contribution in [2.45, 2.75) is 13.0 Å². The molecule has 0 spiro atoms. The number of hydrogen-bond acceptors (Lipinski definition) is 3. The van der Waals surface area contributed by atoms with Crippen molar-refractivity contribution in [2.75, 3.05) is 33.4 Å². The van der Waals surface area contributed by atoms with Gasteiger partial charge in [0.25, 0.3) is 0 Å². The highest BCUT2D eigenvalue weighted by atomic mass is 19.1. The normalized spacial score (nSPS) is 18.9. The van der Waals surface area contributed by atoms with E-state index in [2.05, 4.69) is 16.7 Å². The fourth-order valence-corrected chi connectivity index (χ4v) is 2.59. The van der Waals surface area contributed by atoms with Crippen molar-refractivity contribution in [1.82, 2.24) is 4.90 Å². The lowest BCUT2D eigenvalue weighted by Gasteiger charge is -2.16. The van der Waals surface area contributed by atoms with Crippen LogP contribution in [0.4, 0.5) is 4.39 Å². The second-order valence-electron chi connectivity index (χ2n) is 5.12. The van der Waals surface area contributed by atoms with Gasteiger partial charge in [-0.05, 0) is 36.6 Å². The zero-order chi connectivity index (χ0) is 14.4. The van der Waals surface area contributed by atoms with Crippen LogP contribution in [0.1, 0.15) is 17.5 Å². The molecule has 2 rings (SSSR count). The molecular formula is C16H20FNO2. The largest absolute Gasteiger partial charge is 0.384 e. The Morgan fingerprint density at radius 1 is 1.50 bits per heavy atom. The van der Waals surface area contributed by atoms with E-state index in [1.165, 1.54) is 6.07 Å². The lowest BCUT2D eigenvalue weighted by atomic mass is 10.1. The third-order valence-corrected chi connectivity index (χ3v) is 3.51. The summed E-state index contributed by atoms with van der Waals surface area (Å²) in [6.07, 6.45) is 1.15. The molecule has 0 saturated carbocycles. The summed E-state index contributed by atoms with van der Waals surface area (Å²) in [6.45, 7) is 3.40. The number of nitrogens with zero attached hydrogens (tertiary/aromatic N) is 1. The molecule has 1 saturated heterocycles. The summed E-state index contributed by atoms with van der Waals surface area (Å²) in [5.74, 6) is 5.38. The van der Waals surface area contributed by atoms with Gasteiger partial charge >= 0.3 is 0 Å². The molecule has 1 N–H and O–H groups in total. The Morgan fingerprint density at radius 3 is 3.10 bits per heavy atom. The van der Waals surface area contributed by atoms with E-state index in [4.69, 9.17) is 9.84 Å². The molecule has 1 atom stereocenters. The van der Waals surface area contributed by atoms with Crippen molar-refractivity contribution in [3.05, 3.63) is 35.1 Å². The lowest BCUT2D eigenvalue weighted by molar-refractivity contribution is 0.152. The van der Waals surface area contributed by atoms with Crippen LogP contribution in [-0.2, 0) is 11.3 Å². The maximum absolute atomic E-state index is 13.6. The number of hydrogen-bond donors (Lipinski definition) is 1. The first-order valence-electron chi connectivity index (χ1n) is 6.82. The first-order chi connectivity index (χ1) is 9.72. The topological polar surface area (TPSA) is 32.7 Å². The van der Waals surface area contributed by atoms with Gasteiger partial charge in [-0.3, -0.25) is 4.90 Å². The highest BCUT2D eigenvalue weighted by Gasteiger charge is 2.22. The van der Waals surface area contributed by atoms with Gasteiger partial charge in [0.2, 0.25) is 0 Å². The van der Waals surface area contributed by atoms with Gasteiger partial charge in [0.05, 0.1) is 12.2 Å². The van der Waals surface area contributed by atoms with E-state index in [1.54, 1.807) is 19.2 Å². The molecule has 1 aromatic rings. The van der Waals surface area contributed by atoms with Crippen molar-refractivity contribution in [2.24, 2.45) is 5.92 Å². The summed E-state index contributed by atoms with van der Waals surface area (Å²) in [5.41, 5.74) is 1.40. The van der Waals surface area contributed by atoms with Crippen LogP contribution in [0.2, 0.25) is 0 Å². The van der Waals surface area contributed by atoms with Crippen LogP contribution in [0.25, 0.3) is 0 Å². The molecular weight excluding hydrogens is 257 g/mol. The number of halogens is 1. The number of likely N-dealkylation sites (tertiary alicyclic amines) is 1. The summed E-state index contributed by atoms with van der Waals surface area (Å²) < 4.78 is 18.7. The van der Waals surface area contributed by atoms with Crippen molar-refractivity contribution < 1.29 is 14.2 Å². The molecule has 0 radical (unpaired) electrons. The number of rotatable bonds is 4. The molecule has 1 unspecified atom stereocenters. The maximum atomic E-state index is 13.6. The SMILES string of the molecule is COCC1CCN(Cc2ccc(F)c(C#CCO)c2)C1.